The highest BCUT2D eigenvalue weighted by molar-refractivity contribution is 14.0. The van der Waals surface area contributed by atoms with E-state index < -0.39 is 9.84 Å². The molecule has 1 aromatic heterocycles. The van der Waals surface area contributed by atoms with Gasteiger partial charge in [-0.25, -0.2) is 13.4 Å². The third-order valence-corrected chi connectivity index (χ3v) is 5.95. The fraction of sp³-hybridized carbons (Fsp3) is 0.375. The zero-order chi connectivity index (χ0) is 17.6. The number of hydrogen-bond donors (Lipinski definition) is 1. The van der Waals surface area contributed by atoms with E-state index in [4.69, 9.17) is 0 Å². The molecule has 0 bridgehead atoms. The van der Waals surface area contributed by atoms with Crippen LogP contribution in [0.25, 0.3) is 0 Å². The number of benzene rings is 1. The maximum absolute atomic E-state index is 12.3. The van der Waals surface area contributed by atoms with Crippen LogP contribution in [0.3, 0.4) is 0 Å². The number of nitrogens with one attached hydrogen (secondary N) is 1. The average Bonchev–Trinajstić information content (AvgIpc) is 2.97. The van der Waals surface area contributed by atoms with Gasteiger partial charge < -0.3 is 10.2 Å². The molecule has 0 saturated heterocycles. The van der Waals surface area contributed by atoms with E-state index in [1.54, 1.807) is 48.7 Å². The normalized spacial score (nSPS) is 11.7. The predicted octanol–water partition coefficient (Wildman–Crippen LogP) is 2.55. The van der Waals surface area contributed by atoms with E-state index in [1.807, 2.05) is 24.3 Å². The number of aromatic nitrogens is 1. The van der Waals surface area contributed by atoms with Crippen molar-refractivity contribution < 1.29 is 8.42 Å². The molecule has 9 heteroatoms. The molecular formula is C16H23IN4O2S2. The van der Waals surface area contributed by atoms with Crippen LogP contribution in [0.5, 0.6) is 0 Å². The zero-order valence-corrected chi connectivity index (χ0v) is 18.4. The lowest BCUT2D eigenvalue weighted by atomic mass is 10.4. The minimum absolute atomic E-state index is 0. The van der Waals surface area contributed by atoms with Gasteiger partial charge in [-0.3, -0.25) is 4.99 Å². The molecular weight excluding hydrogens is 471 g/mol. The van der Waals surface area contributed by atoms with Crippen LogP contribution >= 0.6 is 35.3 Å². The van der Waals surface area contributed by atoms with Gasteiger partial charge in [0.15, 0.2) is 15.8 Å². The Kier molecular flexibility index (Phi) is 8.80. The monoisotopic (exact) mass is 494 g/mol. The summed E-state index contributed by atoms with van der Waals surface area (Å²) in [5.74, 6) is 0.656. The second-order valence-corrected chi connectivity index (χ2v) is 8.49. The summed E-state index contributed by atoms with van der Waals surface area (Å²) >= 11 is 1.61. The van der Waals surface area contributed by atoms with Crippen LogP contribution < -0.4 is 5.32 Å². The lowest BCUT2D eigenvalue weighted by molar-refractivity contribution is 0.472. The smallest absolute Gasteiger partial charge is 0.193 e. The number of rotatable bonds is 6. The highest BCUT2D eigenvalue weighted by atomic mass is 127. The van der Waals surface area contributed by atoms with E-state index in [1.165, 1.54) is 0 Å². The van der Waals surface area contributed by atoms with Crippen molar-refractivity contribution in [2.45, 2.75) is 18.4 Å². The Hall–Kier alpha value is -1.20. The summed E-state index contributed by atoms with van der Waals surface area (Å²) in [4.78, 5) is 10.9. The van der Waals surface area contributed by atoms with Crippen molar-refractivity contribution in [1.29, 1.82) is 0 Å². The Morgan fingerprint density at radius 3 is 2.56 bits per heavy atom. The molecule has 0 aliphatic rings. The largest absolute Gasteiger partial charge is 0.355 e. The Balaban J connectivity index is 0.00000312. The van der Waals surface area contributed by atoms with Gasteiger partial charge in [0.1, 0.15) is 0 Å². The first-order valence-electron chi connectivity index (χ1n) is 7.53. The van der Waals surface area contributed by atoms with Crippen LogP contribution in [0.1, 0.15) is 10.7 Å². The average molecular weight is 494 g/mol. The number of aliphatic imine (C=N–C) groups is 1. The third kappa shape index (κ3) is 6.55. The van der Waals surface area contributed by atoms with Gasteiger partial charge in [-0.1, -0.05) is 18.2 Å². The molecule has 0 saturated carbocycles. The Bertz CT molecular complexity index is 791. The van der Waals surface area contributed by atoms with Crippen molar-refractivity contribution in [1.82, 2.24) is 15.2 Å². The molecule has 0 fully saturated rings. The molecule has 0 radical (unpaired) electrons. The van der Waals surface area contributed by atoms with Crippen molar-refractivity contribution in [2.24, 2.45) is 4.99 Å². The number of nitrogens with zero attached hydrogens (tertiary/aromatic N) is 3. The van der Waals surface area contributed by atoms with E-state index in [0.29, 0.717) is 23.9 Å². The maximum Gasteiger partial charge on any atom is 0.193 e. The van der Waals surface area contributed by atoms with Gasteiger partial charge in [0.2, 0.25) is 0 Å². The van der Waals surface area contributed by atoms with Gasteiger partial charge >= 0.3 is 0 Å². The lowest BCUT2D eigenvalue weighted by Crippen LogP contribution is -2.40. The number of halogens is 1. The Labute approximate surface area is 170 Å². The summed E-state index contributed by atoms with van der Waals surface area (Å²) in [7, 11) is 0.284. The van der Waals surface area contributed by atoms with Crippen molar-refractivity contribution in [3.63, 3.8) is 0 Å². The van der Waals surface area contributed by atoms with Crippen molar-refractivity contribution in [2.75, 3.05) is 26.4 Å². The number of hydrogen-bond acceptors (Lipinski definition) is 5. The summed E-state index contributed by atoms with van der Waals surface area (Å²) in [6.07, 6.45) is 0. The van der Waals surface area contributed by atoms with Gasteiger partial charge in [-0.15, -0.1) is 35.3 Å². The van der Waals surface area contributed by atoms with Gasteiger partial charge in [0, 0.05) is 26.0 Å². The van der Waals surface area contributed by atoms with Crippen molar-refractivity contribution >= 4 is 51.1 Å². The van der Waals surface area contributed by atoms with E-state index in [9.17, 15) is 8.42 Å². The van der Waals surface area contributed by atoms with Crippen LogP contribution in [-0.4, -0.2) is 50.7 Å². The summed E-state index contributed by atoms with van der Waals surface area (Å²) in [5, 5.41) is 6.13. The second kappa shape index (κ2) is 10.1. The quantitative estimate of drug-likeness (QED) is 0.380. The molecule has 1 heterocycles. The Morgan fingerprint density at radius 1 is 1.32 bits per heavy atom. The summed E-state index contributed by atoms with van der Waals surface area (Å²) in [6, 6.07) is 8.47. The molecule has 1 aromatic carbocycles. The third-order valence-electron chi connectivity index (χ3n) is 3.40. The first-order valence-corrected chi connectivity index (χ1v) is 10.1. The van der Waals surface area contributed by atoms with E-state index >= 15 is 0 Å². The van der Waals surface area contributed by atoms with Crippen LogP contribution in [0.4, 0.5) is 0 Å². The first-order chi connectivity index (χ1) is 11.4. The molecule has 138 valence electrons. The highest BCUT2D eigenvalue weighted by Crippen LogP contribution is 2.10. The number of aryl methyl sites for hydroxylation is 1. The zero-order valence-electron chi connectivity index (χ0n) is 14.5. The fourth-order valence-corrected chi connectivity index (χ4v) is 4.01. The van der Waals surface area contributed by atoms with Crippen LogP contribution in [0, 0.1) is 6.92 Å². The van der Waals surface area contributed by atoms with E-state index in [0.717, 1.165) is 10.7 Å². The highest BCUT2D eigenvalue weighted by Gasteiger charge is 2.15. The molecule has 25 heavy (non-hydrogen) atoms. The van der Waals surface area contributed by atoms with Crippen LogP contribution in [0.15, 0.2) is 45.6 Å². The minimum Gasteiger partial charge on any atom is -0.355 e. The molecule has 2 aromatic rings. The van der Waals surface area contributed by atoms with Gasteiger partial charge in [-0.05, 0) is 19.1 Å². The van der Waals surface area contributed by atoms with Gasteiger partial charge in [-0.2, -0.15) is 0 Å². The molecule has 0 amide bonds. The maximum atomic E-state index is 12.3. The molecule has 0 spiro atoms. The van der Waals surface area contributed by atoms with Crippen LogP contribution in [0.2, 0.25) is 0 Å². The molecule has 1 N–H and O–H groups in total. The molecule has 6 nitrogen and oxygen atoms in total. The predicted molar refractivity (Wildman–Crippen MR) is 114 cm³/mol. The van der Waals surface area contributed by atoms with E-state index in [-0.39, 0.29) is 29.7 Å². The standard InChI is InChI=1S/C16H22N4O2S2.HI/c1-13-19-14(12-23-13)11-20(3)16(17-2)18-9-10-24(21,22)15-7-5-4-6-8-15;/h4-8,12H,9-11H2,1-3H3,(H,17,18);1H. The van der Waals surface area contributed by atoms with E-state index in [2.05, 4.69) is 15.3 Å². The molecule has 2 rings (SSSR count). The van der Waals surface area contributed by atoms with Gasteiger partial charge in [0.25, 0.3) is 0 Å². The fourth-order valence-electron chi connectivity index (χ4n) is 2.23. The van der Waals surface area contributed by atoms with Crippen LogP contribution in [-0.2, 0) is 16.4 Å². The number of thiazole rings is 1. The van der Waals surface area contributed by atoms with Crippen molar-refractivity contribution in [3.8, 4) is 0 Å². The molecule has 0 aliphatic heterocycles. The van der Waals surface area contributed by atoms with Gasteiger partial charge in [0.05, 0.1) is 27.9 Å². The number of sulfone groups is 1. The lowest BCUT2D eigenvalue weighted by Gasteiger charge is -2.21. The summed E-state index contributed by atoms with van der Waals surface area (Å²) in [6.45, 7) is 2.88. The second-order valence-electron chi connectivity index (χ2n) is 5.32. The SMILES string of the molecule is CN=C(NCCS(=O)(=O)c1ccccc1)N(C)Cc1csc(C)n1.I. The molecule has 0 aliphatic carbocycles. The molecule has 0 atom stereocenters. The number of guanidine groups is 1. The van der Waals surface area contributed by atoms with Crippen molar-refractivity contribution in [3.05, 3.63) is 46.4 Å². The minimum atomic E-state index is -3.29. The molecule has 0 unspecified atom stereocenters. The Morgan fingerprint density at radius 2 is 2.00 bits per heavy atom. The topological polar surface area (TPSA) is 74.7 Å². The summed E-state index contributed by atoms with van der Waals surface area (Å²) < 4.78 is 24.5. The first kappa shape index (κ1) is 21.8. The summed E-state index contributed by atoms with van der Waals surface area (Å²) in [5.41, 5.74) is 0.972.